The smallest absolute Gasteiger partial charge is 0.235 e. The molecule has 0 radical (unpaired) electrons. The molecule has 0 saturated carbocycles. The van der Waals surface area contributed by atoms with Crippen molar-refractivity contribution >= 4 is 174 Å². The first-order valence-electron chi connectivity index (χ1n) is 40.3. The summed E-state index contributed by atoms with van der Waals surface area (Å²) < 4.78 is 9.68. The van der Waals surface area contributed by atoms with E-state index in [1.807, 2.05) is 0 Å². The molecular weight excluding hydrogens is 1420 g/mol. The van der Waals surface area contributed by atoms with Gasteiger partial charge in [0.2, 0.25) is 11.9 Å². The second kappa shape index (κ2) is 23.8. The maximum absolute atomic E-state index is 5.79. The Kier molecular flexibility index (Phi) is 13.1. The second-order valence-corrected chi connectivity index (χ2v) is 32.3. The molecule has 0 bridgehead atoms. The number of para-hydroxylation sites is 4. The maximum atomic E-state index is 5.79. The highest BCUT2D eigenvalue weighted by Gasteiger charge is 2.36. The Morgan fingerprint density at radius 1 is 0.214 bits per heavy atom. The van der Waals surface area contributed by atoms with Gasteiger partial charge in [0.1, 0.15) is 0 Å². The summed E-state index contributed by atoms with van der Waals surface area (Å²) in [7, 11) is 0. The normalized spacial score (nSPS) is 12.9. The molecule has 0 aliphatic heterocycles. The van der Waals surface area contributed by atoms with Gasteiger partial charge in [-0.05, 0) is 184 Å². The van der Waals surface area contributed by atoms with Crippen molar-refractivity contribution in [2.45, 2.75) is 19.3 Å². The van der Waals surface area contributed by atoms with E-state index in [9.17, 15) is 0 Å². The number of benzene rings is 19. The largest absolute Gasteiger partial charge is 0.308 e. The van der Waals surface area contributed by atoms with E-state index >= 15 is 0 Å². The van der Waals surface area contributed by atoms with Crippen LogP contribution in [0, 0.1) is 0 Å². The molecule has 1 aliphatic rings. The van der Waals surface area contributed by atoms with Crippen LogP contribution in [-0.2, 0) is 5.41 Å². The summed E-state index contributed by atoms with van der Waals surface area (Å²) in [6, 6.07) is 134. The molecule has 25 aromatic rings. The van der Waals surface area contributed by atoms with E-state index in [1.54, 1.807) is 0 Å². The molecule has 0 saturated heterocycles. The Balaban J connectivity index is 0.631. The van der Waals surface area contributed by atoms with Crippen LogP contribution in [0.25, 0.3) is 242 Å². The van der Waals surface area contributed by atoms with Gasteiger partial charge in [-0.3, -0.25) is 9.13 Å². The number of rotatable bonds is 7. The van der Waals surface area contributed by atoms with E-state index in [4.69, 9.17) is 19.9 Å². The van der Waals surface area contributed by atoms with Crippen LogP contribution < -0.4 is 0 Å². The minimum absolute atomic E-state index is 0.181. The molecule has 0 spiro atoms. The number of hydrogen-bond acceptors (Lipinski definition) is 4. The summed E-state index contributed by atoms with van der Waals surface area (Å²) in [6.07, 6.45) is 0. The summed E-state index contributed by atoms with van der Waals surface area (Å²) >= 11 is 0. The first-order valence-corrected chi connectivity index (χ1v) is 40.3. The van der Waals surface area contributed by atoms with Crippen LogP contribution in [0.3, 0.4) is 0 Å². The fourth-order valence-corrected chi connectivity index (χ4v) is 20.6. The zero-order chi connectivity index (χ0) is 76.6. The van der Waals surface area contributed by atoms with Crippen LogP contribution in [0.5, 0.6) is 0 Å². The minimum atomic E-state index is -0.181. The van der Waals surface area contributed by atoms with Crippen molar-refractivity contribution in [3.05, 3.63) is 375 Å². The molecule has 1 aliphatic carbocycles. The van der Waals surface area contributed by atoms with Crippen LogP contribution in [0.1, 0.15) is 25.0 Å². The molecule has 26 rings (SSSR count). The number of hydrogen-bond donors (Lipinski definition) is 0. The Morgan fingerprint density at radius 3 is 1.29 bits per heavy atom. The topological polar surface area (TPSA) is 71.3 Å². The standard InChI is InChI=1S/C109H66N8/c1-109(2)89-36-16-11-30-76(89)77-53-51-72(59-90(77)109)104-83-35-13-18-38-92(83)111-108(113-104)117-98-44-22-42-96(102(98)88-57-66-25-4-6-27-68(66)61-100(88)117)115-94-40-20-15-32-79(94)86-62-85(75-29-9-10-33-80(75)106(86)115)70-50-52-73-69(55-70)47-45-64-46-48-71(58-84(64)73)103-82-34-12-17-37-91(82)110-107(112-103)116-97-43-21-41-95(101(97)87-56-65-24-3-5-26-67(65)60-99(87)116)114-93-39-19-14-31-78(93)81-54-49-63-23-7-8-28-74(63)105(81)114/h3-62H,1-2H3. The summed E-state index contributed by atoms with van der Waals surface area (Å²) in [5, 5.41) is 25.4. The van der Waals surface area contributed by atoms with Gasteiger partial charge < -0.3 is 9.13 Å². The van der Waals surface area contributed by atoms with E-state index in [1.165, 1.54) is 92.6 Å². The van der Waals surface area contributed by atoms with Crippen LogP contribution in [0.15, 0.2) is 364 Å². The van der Waals surface area contributed by atoms with Gasteiger partial charge in [-0.15, -0.1) is 0 Å². The number of aromatic nitrogens is 8. The van der Waals surface area contributed by atoms with E-state index < -0.39 is 0 Å². The Hall–Kier alpha value is -15.4. The highest BCUT2D eigenvalue weighted by molar-refractivity contribution is 6.26. The number of fused-ring (bicyclic) bond motifs is 26. The van der Waals surface area contributed by atoms with Crippen LogP contribution in [0.4, 0.5) is 0 Å². The minimum Gasteiger partial charge on any atom is -0.308 e. The van der Waals surface area contributed by atoms with Crippen molar-refractivity contribution in [2.75, 3.05) is 0 Å². The van der Waals surface area contributed by atoms with Gasteiger partial charge in [0, 0.05) is 81.2 Å². The molecule has 8 heteroatoms. The average Bonchev–Trinajstić information content (AvgIpc) is 1.54. The summed E-state index contributed by atoms with van der Waals surface area (Å²) in [4.78, 5) is 22.6. The zero-order valence-electron chi connectivity index (χ0n) is 63.7. The van der Waals surface area contributed by atoms with Gasteiger partial charge in [-0.2, -0.15) is 0 Å². The SMILES string of the molecule is CC1(C)c2ccccc2-c2ccc(-c3nc(-n4c5cc6ccccc6cc5c5c(-n6c7ccccc7c7cc(-c8ccc9c(ccc%10ccc(-c%11nc(-n%12c%13cc%14ccccc%14cc%13c%13c(-n%14c%15ccccc%15c%15ccc%16ccccc%16c%15%14)cccc%13%12)nc%12ccccc%11%12)cc%109)c8)c8ccccc8c76)cccc54)nc4ccccc34)cc21. The van der Waals surface area contributed by atoms with Crippen molar-refractivity contribution in [1.29, 1.82) is 0 Å². The van der Waals surface area contributed by atoms with E-state index in [0.29, 0.717) is 11.9 Å². The Morgan fingerprint density at radius 2 is 0.650 bits per heavy atom. The fourth-order valence-electron chi connectivity index (χ4n) is 20.6. The van der Waals surface area contributed by atoms with Gasteiger partial charge in [0.25, 0.3) is 0 Å². The van der Waals surface area contributed by atoms with Crippen LogP contribution >= 0.6 is 0 Å². The molecule has 542 valence electrons. The quantitative estimate of drug-likeness (QED) is 0.149. The van der Waals surface area contributed by atoms with E-state index in [-0.39, 0.29) is 5.41 Å². The third-order valence-electron chi connectivity index (χ3n) is 25.8. The molecule has 19 aromatic carbocycles. The maximum Gasteiger partial charge on any atom is 0.235 e. The van der Waals surface area contributed by atoms with Crippen molar-refractivity contribution in [2.24, 2.45) is 0 Å². The first-order chi connectivity index (χ1) is 57.8. The Bertz CT molecular complexity index is 8770. The van der Waals surface area contributed by atoms with Crippen molar-refractivity contribution < 1.29 is 0 Å². The van der Waals surface area contributed by atoms with Gasteiger partial charge in [0.15, 0.2) is 0 Å². The van der Waals surface area contributed by atoms with Crippen molar-refractivity contribution in [1.82, 2.24) is 38.2 Å². The Labute approximate surface area is 669 Å². The third kappa shape index (κ3) is 9.06. The highest BCUT2D eigenvalue weighted by atomic mass is 15.2. The lowest BCUT2D eigenvalue weighted by Gasteiger charge is -2.22. The van der Waals surface area contributed by atoms with Crippen LogP contribution in [0.2, 0.25) is 0 Å². The third-order valence-corrected chi connectivity index (χ3v) is 25.8. The van der Waals surface area contributed by atoms with Gasteiger partial charge in [-0.1, -0.05) is 281 Å². The molecular formula is C109H66N8. The highest BCUT2D eigenvalue weighted by Crippen LogP contribution is 2.52. The number of nitrogens with zero attached hydrogens (tertiary/aromatic N) is 8. The average molecular weight is 1490 g/mol. The van der Waals surface area contributed by atoms with Crippen molar-refractivity contribution in [3.8, 4) is 68.0 Å². The lowest BCUT2D eigenvalue weighted by molar-refractivity contribution is 0.660. The van der Waals surface area contributed by atoms with Crippen LogP contribution in [-0.4, -0.2) is 38.2 Å². The molecule has 0 unspecified atom stereocenters. The molecule has 0 atom stereocenters. The van der Waals surface area contributed by atoms with E-state index in [2.05, 4.69) is 396 Å². The summed E-state index contributed by atoms with van der Waals surface area (Å²) in [6.45, 7) is 4.69. The van der Waals surface area contributed by atoms with Gasteiger partial charge in [0.05, 0.1) is 77.9 Å². The van der Waals surface area contributed by atoms with Crippen molar-refractivity contribution in [3.63, 3.8) is 0 Å². The van der Waals surface area contributed by atoms with Gasteiger partial charge >= 0.3 is 0 Å². The summed E-state index contributed by atoms with van der Waals surface area (Å²) in [5.41, 5.74) is 23.9. The first kappa shape index (κ1) is 64.2. The predicted octanol–water partition coefficient (Wildman–Crippen LogP) is 28.2. The summed E-state index contributed by atoms with van der Waals surface area (Å²) in [5.74, 6) is 1.24. The van der Waals surface area contributed by atoms with Gasteiger partial charge in [-0.25, -0.2) is 19.9 Å². The molecule has 117 heavy (non-hydrogen) atoms. The molecule has 6 heterocycles. The molecule has 6 aromatic heterocycles. The van der Waals surface area contributed by atoms with E-state index in [0.717, 1.165) is 148 Å². The fraction of sp³-hybridized carbons (Fsp3) is 0.0275. The second-order valence-electron chi connectivity index (χ2n) is 32.3. The molecule has 0 fully saturated rings. The molecule has 0 N–H and O–H groups in total. The monoisotopic (exact) mass is 1490 g/mol. The zero-order valence-corrected chi connectivity index (χ0v) is 63.7. The molecule has 0 amide bonds. The molecule has 8 nitrogen and oxygen atoms in total. The lowest BCUT2D eigenvalue weighted by Crippen LogP contribution is -2.15. The lowest BCUT2D eigenvalue weighted by atomic mass is 9.82. The predicted molar refractivity (Wildman–Crippen MR) is 489 cm³/mol.